The Bertz CT molecular complexity index is 1250. The summed E-state index contributed by atoms with van der Waals surface area (Å²) in [5.74, 6) is 0.871. The minimum absolute atomic E-state index is 0.0899. The number of carboxylic acids is 1. The normalized spacial score (nSPS) is 31.8. The standard InChI is InChI=1S/C30H40N4O4/c1-38-32-26(12-13-28(35)36)29-30(37)34(27-11-3-2-10-25(27)31-29)24-17-21-8-5-9-22(18-24)33(21)23-15-19-6-4-7-20(14-19)16-23/h2-3,10-11,19-24H,4-9,12-18H2,1H3,(H,35,36)/t19?,20?,21-,22+,23?,24?. The van der Waals surface area contributed by atoms with Crippen LogP contribution in [0.25, 0.3) is 11.0 Å². The summed E-state index contributed by atoms with van der Waals surface area (Å²) in [5.41, 5.74) is 1.90. The molecule has 1 aromatic carbocycles. The zero-order valence-corrected chi connectivity index (χ0v) is 22.4. The lowest BCUT2D eigenvalue weighted by Crippen LogP contribution is -2.58. The van der Waals surface area contributed by atoms with E-state index in [0.29, 0.717) is 23.8 Å². The van der Waals surface area contributed by atoms with Crippen LogP contribution >= 0.6 is 0 Å². The van der Waals surface area contributed by atoms with Gasteiger partial charge in [-0.05, 0) is 68.9 Å². The lowest BCUT2D eigenvalue weighted by Gasteiger charge is -2.55. The van der Waals surface area contributed by atoms with Crippen molar-refractivity contribution in [1.82, 2.24) is 14.5 Å². The largest absolute Gasteiger partial charge is 0.481 e. The van der Waals surface area contributed by atoms with Gasteiger partial charge in [-0.3, -0.25) is 14.5 Å². The van der Waals surface area contributed by atoms with Crippen LogP contribution in [0.3, 0.4) is 0 Å². The number of hydrogen-bond acceptors (Lipinski definition) is 6. The van der Waals surface area contributed by atoms with Gasteiger partial charge in [0.25, 0.3) is 5.56 Å². The molecule has 6 rings (SSSR count). The predicted octanol–water partition coefficient (Wildman–Crippen LogP) is 5.14. The van der Waals surface area contributed by atoms with Gasteiger partial charge in [0.2, 0.25) is 0 Å². The maximum atomic E-state index is 14.1. The molecule has 5 atom stereocenters. The smallest absolute Gasteiger partial charge is 0.303 e. The second-order valence-corrected chi connectivity index (χ2v) is 12.1. The number of fused-ring (bicyclic) bond motifs is 5. The number of para-hydroxylation sites is 2. The number of piperidine rings is 2. The van der Waals surface area contributed by atoms with Crippen molar-refractivity contribution in [3.63, 3.8) is 0 Å². The Hall–Kier alpha value is -2.74. The zero-order chi connectivity index (χ0) is 26.2. The molecule has 2 aromatic rings. The first kappa shape index (κ1) is 25.5. The van der Waals surface area contributed by atoms with Crippen LogP contribution in [0.4, 0.5) is 0 Å². The fourth-order valence-electron chi connectivity index (χ4n) is 8.38. The summed E-state index contributed by atoms with van der Waals surface area (Å²) in [7, 11) is 1.41. The monoisotopic (exact) mass is 520 g/mol. The topological polar surface area (TPSA) is 97.0 Å². The van der Waals surface area contributed by atoms with Gasteiger partial charge in [0.15, 0.2) is 5.69 Å². The van der Waals surface area contributed by atoms with E-state index in [0.717, 1.165) is 35.7 Å². The van der Waals surface area contributed by atoms with Crippen molar-refractivity contribution in [3.05, 3.63) is 40.3 Å². The number of aromatic nitrogens is 2. The zero-order valence-electron chi connectivity index (χ0n) is 22.4. The molecule has 4 bridgehead atoms. The maximum absolute atomic E-state index is 14.1. The van der Waals surface area contributed by atoms with Gasteiger partial charge in [-0.1, -0.05) is 43.0 Å². The SMILES string of the molecule is CON=C(CCC(=O)O)c1nc2ccccc2n(C2C[C@H]3CCC[C@@H](C2)N3C2CC3CCCC(C3)C2)c1=O. The van der Waals surface area contributed by atoms with E-state index in [1.165, 1.54) is 64.9 Å². The second-order valence-electron chi connectivity index (χ2n) is 12.1. The number of benzene rings is 1. The molecule has 0 amide bonds. The highest BCUT2D eigenvalue weighted by molar-refractivity contribution is 6.00. The van der Waals surface area contributed by atoms with Gasteiger partial charge in [0.05, 0.1) is 17.5 Å². The third-order valence-electron chi connectivity index (χ3n) is 9.74. The van der Waals surface area contributed by atoms with E-state index in [9.17, 15) is 14.7 Å². The highest BCUT2D eigenvalue weighted by Crippen LogP contribution is 2.47. The molecule has 2 aliphatic carbocycles. The summed E-state index contributed by atoms with van der Waals surface area (Å²) < 4.78 is 1.96. The Morgan fingerprint density at radius 3 is 2.32 bits per heavy atom. The van der Waals surface area contributed by atoms with Gasteiger partial charge in [-0.15, -0.1) is 0 Å². The van der Waals surface area contributed by atoms with E-state index in [4.69, 9.17) is 4.84 Å². The predicted molar refractivity (Wildman–Crippen MR) is 146 cm³/mol. The van der Waals surface area contributed by atoms with Crippen molar-refractivity contribution >= 4 is 22.7 Å². The summed E-state index contributed by atoms with van der Waals surface area (Å²) in [6, 6.07) is 9.62. The highest BCUT2D eigenvalue weighted by Gasteiger charge is 2.45. The van der Waals surface area contributed by atoms with Crippen molar-refractivity contribution in [3.8, 4) is 0 Å². The molecular weight excluding hydrogens is 480 g/mol. The molecule has 8 heteroatoms. The first-order valence-corrected chi connectivity index (χ1v) is 14.6. The molecule has 0 radical (unpaired) electrons. The molecule has 38 heavy (non-hydrogen) atoms. The van der Waals surface area contributed by atoms with Crippen LogP contribution < -0.4 is 5.56 Å². The molecule has 1 N–H and O–H groups in total. The molecule has 4 fully saturated rings. The fourth-order valence-corrected chi connectivity index (χ4v) is 8.38. The maximum Gasteiger partial charge on any atom is 0.303 e. The van der Waals surface area contributed by atoms with E-state index < -0.39 is 5.97 Å². The summed E-state index contributed by atoms with van der Waals surface area (Å²) >= 11 is 0. The molecule has 3 heterocycles. The Balaban J connectivity index is 1.35. The Kier molecular flexibility index (Phi) is 7.25. The average molecular weight is 521 g/mol. The van der Waals surface area contributed by atoms with Gasteiger partial charge in [-0.2, -0.15) is 0 Å². The first-order valence-electron chi connectivity index (χ1n) is 14.6. The number of nitrogens with zero attached hydrogens (tertiary/aromatic N) is 4. The van der Waals surface area contributed by atoms with Crippen LogP contribution in [0.15, 0.2) is 34.2 Å². The minimum Gasteiger partial charge on any atom is -0.481 e. The van der Waals surface area contributed by atoms with Crippen molar-refractivity contribution < 1.29 is 14.7 Å². The van der Waals surface area contributed by atoms with Gasteiger partial charge in [0.1, 0.15) is 12.8 Å². The van der Waals surface area contributed by atoms with Gasteiger partial charge in [-0.25, -0.2) is 4.98 Å². The molecule has 2 saturated heterocycles. The van der Waals surface area contributed by atoms with Crippen molar-refractivity contribution in [2.75, 3.05) is 7.11 Å². The van der Waals surface area contributed by atoms with E-state index in [1.807, 2.05) is 28.8 Å². The number of rotatable bonds is 7. The summed E-state index contributed by atoms with van der Waals surface area (Å²) in [5, 5.41) is 13.3. The summed E-state index contributed by atoms with van der Waals surface area (Å²) in [6.45, 7) is 0. The van der Waals surface area contributed by atoms with Crippen molar-refractivity contribution in [1.29, 1.82) is 0 Å². The van der Waals surface area contributed by atoms with Crippen LogP contribution in [0, 0.1) is 11.8 Å². The molecule has 204 valence electrons. The molecule has 2 aliphatic heterocycles. The molecule has 1 aromatic heterocycles. The van der Waals surface area contributed by atoms with E-state index in [1.54, 1.807) is 0 Å². The Morgan fingerprint density at radius 1 is 0.947 bits per heavy atom. The minimum atomic E-state index is -0.943. The second kappa shape index (κ2) is 10.8. The average Bonchev–Trinajstić information content (AvgIpc) is 2.90. The number of hydrogen-bond donors (Lipinski definition) is 1. The molecule has 3 unspecified atom stereocenters. The molecule has 0 spiro atoms. The van der Waals surface area contributed by atoms with E-state index in [2.05, 4.69) is 15.0 Å². The molecule has 4 aliphatic rings. The third kappa shape index (κ3) is 4.88. The van der Waals surface area contributed by atoms with E-state index in [-0.39, 0.29) is 30.1 Å². The number of oxime groups is 1. The summed E-state index contributed by atoms with van der Waals surface area (Å²) in [6.07, 6.45) is 14.0. The quantitative estimate of drug-likeness (QED) is 0.401. The fraction of sp³-hybridized carbons (Fsp3) is 0.667. The van der Waals surface area contributed by atoms with Crippen LogP contribution in [0.1, 0.15) is 95.2 Å². The van der Waals surface area contributed by atoms with Gasteiger partial charge < -0.3 is 14.5 Å². The van der Waals surface area contributed by atoms with E-state index >= 15 is 0 Å². The molecular formula is C30H40N4O4. The number of aliphatic carboxylic acids is 1. The lowest BCUT2D eigenvalue weighted by atomic mass is 9.68. The van der Waals surface area contributed by atoms with Crippen LogP contribution in [-0.2, 0) is 9.63 Å². The Morgan fingerprint density at radius 2 is 1.63 bits per heavy atom. The van der Waals surface area contributed by atoms with Crippen molar-refractivity contribution in [2.24, 2.45) is 17.0 Å². The third-order valence-corrected chi connectivity index (χ3v) is 9.74. The number of carboxylic acid groups (broad SMARTS) is 1. The van der Waals surface area contributed by atoms with Crippen LogP contribution in [0.5, 0.6) is 0 Å². The number of carbonyl (C=O) groups is 1. The van der Waals surface area contributed by atoms with Gasteiger partial charge >= 0.3 is 5.97 Å². The highest BCUT2D eigenvalue weighted by atomic mass is 16.6. The molecule has 2 saturated carbocycles. The van der Waals surface area contributed by atoms with Crippen molar-refractivity contribution in [2.45, 2.75) is 108 Å². The van der Waals surface area contributed by atoms with Gasteiger partial charge in [0, 0.05) is 30.6 Å². The van der Waals surface area contributed by atoms with Crippen LogP contribution in [-0.4, -0.2) is 56.5 Å². The molecule has 8 nitrogen and oxygen atoms in total. The summed E-state index contributed by atoms with van der Waals surface area (Å²) in [4.78, 5) is 38.0. The lowest BCUT2D eigenvalue weighted by molar-refractivity contribution is -0.136. The van der Waals surface area contributed by atoms with Crippen LogP contribution in [0.2, 0.25) is 0 Å². The first-order chi connectivity index (χ1) is 18.5. The Labute approximate surface area is 224 Å².